The molecule has 0 atom stereocenters. The number of hydrogen-bond donors (Lipinski definition) is 2. The maximum absolute atomic E-state index is 6.07. The Kier molecular flexibility index (Phi) is 3.79. The van der Waals surface area contributed by atoms with Gasteiger partial charge in [-0.05, 0) is 65.4 Å². The summed E-state index contributed by atoms with van der Waals surface area (Å²) in [6.45, 7) is 1.98. The number of hydrogen-bond acceptors (Lipinski definition) is 2. The van der Waals surface area contributed by atoms with Crippen molar-refractivity contribution in [3.05, 3.63) is 50.6 Å². The number of halogens is 2. The predicted octanol–water partition coefficient (Wildman–Crippen LogP) is 4.58. The molecule has 0 aromatic heterocycles. The smallest absolute Gasteiger partial charge is 0.0618 e. The minimum absolute atomic E-state index is 0.733. The predicted molar refractivity (Wildman–Crippen MR) is 83.0 cm³/mol. The van der Waals surface area contributed by atoms with Gasteiger partial charge < -0.3 is 11.1 Å². The molecule has 0 aliphatic heterocycles. The van der Waals surface area contributed by atoms with Crippen LogP contribution in [0, 0.1) is 10.5 Å². The van der Waals surface area contributed by atoms with Crippen molar-refractivity contribution in [2.24, 2.45) is 0 Å². The van der Waals surface area contributed by atoms with Gasteiger partial charge in [-0.2, -0.15) is 0 Å². The Bertz CT molecular complexity index is 555. The van der Waals surface area contributed by atoms with E-state index in [-0.39, 0.29) is 0 Å². The molecular weight excluding hydrogens is 347 g/mol. The van der Waals surface area contributed by atoms with Crippen molar-refractivity contribution in [1.29, 1.82) is 0 Å². The van der Waals surface area contributed by atoms with Crippen molar-refractivity contribution < 1.29 is 0 Å². The fourth-order valence-corrected chi connectivity index (χ4v) is 2.23. The van der Waals surface area contributed by atoms with Crippen LogP contribution < -0.4 is 11.1 Å². The normalized spacial score (nSPS) is 10.3. The van der Waals surface area contributed by atoms with Crippen molar-refractivity contribution in [3.63, 3.8) is 0 Å². The van der Waals surface area contributed by atoms with Crippen molar-refractivity contribution in [2.75, 3.05) is 11.1 Å². The molecule has 0 spiro atoms. The number of anilines is 3. The maximum Gasteiger partial charge on any atom is 0.0618 e. The Morgan fingerprint density at radius 2 is 1.94 bits per heavy atom. The molecule has 0 aliphatic carbocycles. The zero-order valence-corrected chi connectivity index (χ0v) is 12.2. The van der Waals surface area contributed by atoms with Crippen LogP contribution in [0.5, 0.6) is 0 Å². The molecule has 0 saturated heterocycles. The van der Waals surface area contributed by atoms with E-state index < -0.39 is 0 Å². The summed E-state index contributed by atoms with van der Waals surface area (Å²) in [4.78, 5) is 0. The van der Waals surface area contributed by atoms with Crippen molar-refractivity contribution in [2.45, 2.75) is 6.92 Å². The number of nitrogen functional groups attached to an aromatic ring is 1. The average molecular weight is 359 g/mol. The highest BCUT2D eigenvalue weighted by molar-refractivity contribution is 14.1. The number of nitrogens with one attached hydrogen (secondary N) is 1. The summed E-state index contributed by atoms with van der Waals surface area (Å²) < 4.78 is 1.12. The lowest BCUT2D eigenvalue weighted by molar-refractivity contribution is 1.43. The highest BCUT2D eigenvalue weighted by Gasteiger charge is 2.04. The van der Waals surface area contributed by atoms with Gasteiger partial charge in [0.15, 0.2) is 0 Å². The topological polar surface area (TPSA) is 38.0 Å². The van der Waals surface area contributed by atoms with Crippen molar-refractivity contribution in [3.8, 4) is 0 Å². The average Bonchev–Trinajstić information content (AvgIpc) is 2.28. The van der Waals surface area contributed by atoms with E-state index in [1.54, 1.807) is 0 Å². The number of rotatable bonds is 2. The molecule has 2 aromatic rings. The zero-order valence-electron chi connectivity index (χ0n) is 9.30. The Morgan fingerprint density at radius 3 is 2.65 bits per heavy atom. The van der Waals surface area contributed by atoms with Gasteiger partial charge in [0, 0.05) is 14.3 Å². The molecular formula is C13H12ClIN2. The van der Waals surface area contributed by atoms with Gasteiger partial charge in [0.25, 0.3) is 0 Å². The summed E-state index contributed by atoms with van der Waals surface area (Å²) in [5, 5.41) is 4.04. The highest BCUT2D eigenvalue weighted by atomic mass is 127. The van der Waals surface area contributed by atoms with Crippen LogP contribution in [0.25, 0.3) is 0 Å². The molecule has 0 fully saturated rings. The zero-order chi connectivity index (χ0) is 12.4. The van der Waals surface area contributed by atoms with Crippen LogP contribution >= 0.6 is 34.2 Å². The molecule has 2 aromatic carbocycles. The van der Waals surface area contributed by atoms with E-state index in [9.17, 15) is 0 Å². The van der Waals surface area contributed by atoms with Gasteiger partial charge in [0.1, 0.15) is 0 Å². The minimum atomic E-state index is 0.733. The lowest BCUT2D eigenvalue weighted by Crippen LogP contribution is -1.98. The van der Waals surface area contributed by atoms with Crippen LogP contribution in [0.15, 0.2) is 36.4 Å². The molecule has 0 bridgehead atoms. The Hall–Kier alpha value is -0.940. The summed E-state index contributed by atoms with van der Waals surface area (Å²) in [7, 11) is 0. The lowest BCUT2D eigenvalue weighted by Gasteiger charge is -2.12. The molecule has 2 nitrogen and oxygen atoms in total. The first-order chi connectivity index (χ1) is 8.08. The second-order valence-corrected chi connectivity index (χ2v) is 5.42. The van der Waals surface area contributed by atoms with E-state index in [0.717, 1.165) is 31.2 Å². The standard InChI is InChI=1S/C13H12ClIN2/c1-8-10(14)3-2-4-12(8)17-13-6-5-9(15)7-11(13)16/h2-7,17H,16H2,1H3. The first-order valence-corrected chi connectivity index (χ1v) is 6.61. The van der Waals surface area contributed by atoms with Crippen LogP contribution in [-0.2, 0) is 0 Å². The molecule has 0 aliphatic rings. The van der Waals surface area contributed by atoms with Crippen molar-refractivity contribution >= 4 is 51.3 Å². The van der Waals surface area contributed by atoms with Crippen LogP contribution in [0.3, 0.4) is 0 Å². The Morgan fingerprint density at radius 1 is 1.18 bits per heavy atom. The van der Waals surface area contributed by atoms with Gasteiger partial charge in [-0.3, -0.25) is 0 Å². The third-order valence-electron chi connectivity index (χ3n) is 2.55. The molecule has 0 heterocycles. The molecule has 2 rings (SSSR count). The Labute approximate surface area is 119 Å². The van der Waals surface area contributed by atoms with Crippen LogP contribution in [0.4, 0.5) is 17.1 Å². The van der Waals surface area contributed by atoms with E-state index in [1.165, 1.54) is 0 Å². The van der Waals surface area contributed by atoms with E-state index in [4.69, 9.17) is 17.3 Å². The molecule has 0 saturated carbocycles. The molecule has 0 unspecified atom stereocenters. The summed E-state index contributed by atoms with van der Waals surface area (Å²) in [5.74, 6) is 0. The first-order valence-electron chi connectivity index (χ1n) is 5.15. The first kappa shape index (κ1) is 12.5. The van der Waals surface area contributed by atoms with E-state index in [2.05, 4.69) is 27.9 Å². The highest BCUT2D eigenvalue weighted by Crippen LogP contribution is 2.29. The number of benzene rings is 2. The second kappa shape index (κ2) is 5.14. The summed E-state index contributed by atoms with van der Waals surface area (Å²) in [6, 6.07) is 11.7. The monoisotopic (exact) mass is 358 g/mol. The lowest BCUT2D eigenvalue weighted by atomic mass is 10.2. The number of nitrogens with two attached hydrogens (primary N) is 1. The molecule has 88 valence electrons. The van der Waals surface area contributed by atoms with Crippen molar-refractivity contribution in [1.82, 2.24) is 0 Å². The molecule has 0 amide bonds. The fraction of sp³-hybridized carbons (Fsp3) is 0.0769. The molecule has 17 heavy (non-hydrogen) atoms. The Balaban J connectivity index is 2.35. The third kappa shape index (κ3) is 2.84. The summed E-state index contributed by atoms with van der Waals surface area (Å²) in [5.41, 5.74) is 9.59. The molecule has 0 radical (unpaired) electrons. The fourth-order valence-electron chi connectivity index (χ4n) is 1.54. The van der Waals surface area contributed by atoms with E-state index in [0.29, 0.717) is 0 Å². The van der Waals surface area contributed by atoms with Crippen LogP contribution in [0.1, 0.15) is 5.56 Å². The SMILES string of the molecule is Cc1c(Cl)cccc1Nc1ccc(I)cc1N. The van der Waals surface area contributed by atoms with Crippen LogP contribution in [-0.4, -0.2) is 0 Å². The minimum Gasteiger partial charge on any atom is -0.397 e. The van der Waals surface area contributed by atoms with Gasteiger partial charge in [-0.15, -0.1) is 0 Å². The van der Waals surface area contributed by atoms with Gasteiger partial charge in [-0.1, -0.05) is 17.7 Å². The quantitative estimate of drug-likeness (QED) is 0.609. The van der Waals surface area contributed by atoms with E-state index >= 15 is 0 Å². The van der Waals surface area contributed by atoms with E-state index in [1.807, 2.05) is 43.3 Å². The molecule has 4 heteroatoms. The maximum atomic E-state index is 6.07. The second-order valence-electron chi connectivity index (χ2n) is 3.77. The summed E-state index contributed by atoms with van der Waals surface area (Å²) >= 11 is 8.31. The largest absolute Gasteiger partial charge is 0.397 e. The van der Waals surface area contributed by atoms with Gasteiger partial charge in [-0.25, -0.2) is 0 Å². The van der Waals surface area contributed by atoms with Gasteiger partial charge in [0.2, 0.25) is 0 Å². The van der Waals surface area contributed by atoms with Crippen LogP contribution in [0.2, 0.25) is 5.02 Å². The van der Waals surface area contributed by atoms with Gasteiger partial charge in [0.05, 0.1) is 11.4 Å². The molecule has 3 N–H and O–H groups in total. The summed E-state index contributed by atoms with van der Waals surface area (Å²) in [6.07, 6.45) is 0. The van der Waals surface area contributed by atoms with Gasteiger partial charge >= 0.3 is 0 Å². The third-order valence-corrected chi connectivity index (χ3v) is 3.63.